The molecule has 0 fully saturated rings. The van der Waals surface area contributed by atoms with Crippen LogP contribution in [0.4, 0.5) is 14.5 Å². The molecule has 132 valence electrons. The van der Waals surface area contributed by atoms with Gasteiger partial charge in [-0.15, -0.1) is 11.8 Å². The van der Waals surface area contributed by atoms with Crippen LogP contribution < -0.4 is 5.32 Å². The van der Waals surface area contributed by atoms with Gasteiger partial charge in [0.15, 0.2) is 11.6 Å². The molecule has 0 aliphatic rings. The molecule has 1 N–H and O–H groups in total. The van der Waals surface area contributed by atoms with E-state index in [1.165, 1.54) is 18.0 Å². The van der Waals surface area contributed by atoms with Gasteiger partial charge in [0.1, 0.15) is 0 Å². The third-order valence-corrected chi connectivity index (χ3v) is 4.37. The van der Waals surface area contributed by atoms with Crippen molar-refractivity contribution in [3.8, 4) is 0 Å². The molecular formula is C18H18F2N2O2S. The van der Waals surface area contributed by atoms with E-state index < -0.39 is 11.6 Å². The first-order valence-electron chi connectivity index (χ1n) is 7.53. The Morgan fingerprint density at radius 3 is 2.40 bits per heavy atom. The maximum absolute atomic E-state index is 13.1. The van der Waals surface area contributed by atoms with Crippen LogP contribution >= 0.6 is 11.8 Å². The number of halogens is 2. The van der Waals surface area contributed by atoms with Gasteiger partial charge in [0.2, 0.25) is 11.8 Å². The number of carbonyl (C=O) groups excluding carboxylic acids is 2. The van der Waals surface area contributed by atoms with E-state index in [1.807, 2.05) is 19.1 Å². The van der Waals surface area contributed by atoms with Crippen molar-refractivity contribution in [1.82, 2.24) is 4.90 Å². The number of aryl methyl sites for hydroxylation is 1. The van der Waals surface area contributed by atoms with E-state index in [9.17, 15) is 18.4 Å². The molecule has 0 aliphatic carbocycles. The summed E-state index contributed by atoms with van der Waals surface area (Å²) in [6, 6.07) is 10.8. The van der Waals surface area contributed by atoms with Crippen molar-refractivity contribution in [1.29, 1.82) is 0 Å². The van der Waals surface area contributed by atoms with Crippen LogP contribution in [-0.2, 0) is 9.59 Å². The smallest absolute Gasteiger partial charge is 0.243 e. The van der Waals surface area contributed by atoms with Gasteiger partial charge in [-0.05, 0) is 37.3 Å². The molecule has 0 saturated heterocycles. The van der Waals surface area contributed by atoms with Gasteiger partial charge in [-0.1, -0.05) is 17.7 Å². The highest BCUT2D eigenvalue weighted by molar-refractivity contribution is 8.00. The van der Waals surface area contributed by atoms with Crippen molar-refractivity contribution < 1.29 is 18.4 Å². The van der Waals surface area contributed by atoms with Crippen LogP contribution in [0.15, 0.2) is 47.4 Å². The van der Waals surface area contributed by atoms with Gasteiger partial charge in [-0.25, -0.2) is 8.78 Å². The number of hydrogen-bond donors (Lipinski definition) is 1. The summed E-state index contributed by atoms with van der Waals surface area (Å²) in [5, 5.41) is 2.71. The van der Waals surface area contributed by atoms with Gasteiger partial charge in [0, 0.05) is 17.6 Å². The summed E-state index contributed by atoms with van der Waals surface area (Å²) in [6.45, 7) is 1.85. The van der Waals surface area contributed by atoms with E-state index in [-0.39, 0.29) is 24.1 Å². The monoisotopic (exact) mass is 364 g/mol. The number of likely N-dealkylation sites (N-methyl/N-ethyl adjacent to an activating group) is 1. The Labute approximate surface area is 149 Å². The van der Waals surface area contributed by atoms with E-state index in [2.05, 4.69) is 5.32 Å². The Morgan fingerprint density at radius 2 is 1.76 bits per heavy atom. The van der Waals surface area contributed by atoms with Gasteiger partial charge in [-0.3, -0.25) is 9.59 Å². The first-order valence-corrected chi connectivity index (χ1v) is 8.52. The van der Waals surface area contributed by atoms with Crippen LogP contribution in [0.5, 0.6) is 0 Å². The second kappa shape index (κ2) is 8.62. The van der Waals surface area contributed by atoms with Crippen molar-refractivity contribution in [2.24, 2.45) is 0 Å². The Balaban J connectivity index is 1.81. The predicted octanol–water partition coefficient (Wildman–Crippen LogP) is 3.46. The molecule has 0 spiro atoms. The number of thioether (sulfide) groups is 1. The molecule has 0 bridgehead atoms. The summed E-state index contributed by atoms with van der Waals surface area (Å²) >= 11 is 1.08. The average Bonchev–Trinajstić information content (AvgIpc) is 2.57. The SMILES string of the molecule is Cc1ccc(NC(=O)CN(C)C(=O)CSc2ccc(F)c(F)c2)cc1. The first-order chi connectivity index (χ1) is 11.8. The lowest BCUT2D eigenvalue weighted by Gasteiger charge is -2.16. The van der Waals surface area contributed by atoms with Gasteiger partial charge < -0.3 is 10.2 Å². The van der Waals surface area contributed by atoms with E-state index >= 15 is 0 Å². The predicted molar refractivity (Wildman–Crippen MR) is 94.5 cm³/mol. The lowest BCUT2D eigenvalue weighted by molar-refractivity contribution is -0.131. The van der Waals surface area contributed by atoms with Gasteiger partial charge in [0.25, 0.3) is 0 Å². The maximum atomic E-state index is 13.1. The molecule has 0 atom stereocenters. The fourth-order valence-corrected chi connectivity index (χ4v) is 2.82. The van der Waals surface area contributed by atoms with Gasteiger partial charge >= 0.3 is 0 Å². The molecule has 0 saturated carbocycles. The molecule has 7 heteroatoms. The number of nitrogens with one attached hydrogen (secondary N) is 1. The lowest BCUT2D eigenvalue weighted by Crippen LogP contribution is -2.35. The van der Waals surface area contributed by atoms with Crippen LogP contribution in [0.3, 0.4) is 0 Å². The quantitative estimate of drug-likeness (QED) is 0.799. The third kappa shape index (κ3) is 5.86. The summed E-state index contributed by atoms with van der Waals surface area (Å²) in [5.41, 5.74) is 1.74. The maximum Gasteiger partial charge on any atom is 0.243 e. The highest BCUT2D eigenvalue weighted by Crippen LogP contribution is 2.20. The zero-order chi connectivity index (χ0) is 18.4. The molecule has 0 radical (unpaired) electrons. The summed E-state index contributed by atoms with van der Waals surface area (Å²) in [6.07, 6.45) is 0. The van der Waals surface area contributed by atoms with E-state index in [0.29, 0.717) is 10.6 Å². The molecule has 0 aliphatic heterocycles. The minimum absolute atomic E-state index is 0.0272. The minimum Gasteiger partial charge on any atom is -0.336 e. The number of nitrogens with zero attached hydrogens (tertiary/aromatic N) is 1. The fourth-order valence-electron chi connectivity index (χ4n) is 1.96. The van der Waals surface area contributed by atoms with Crippen molar-refractivity contribution in [2.45, 2.75) is 11.8 Å². The van der Waals surface area contributed by atoms with Crippen molar-refractivity contribution in [3.05, 3.63) is 59.7 Å². The molecule has 25 heavy (non-hydrogen) atoms. The summed E-state index contributed by atoms with van der Waals surface area (Å²) in [7, 11) is 1.52. The Morgan fingerprint density at radius 1 is 1.08 bits per heavy atom. The number of amides is 2. The Bertz CT molecular complexity index is 766. The zero-order valence-corrected chi connectivity index (χ0v) is 14.7. The van der Waals surface area contributed by atoms with Crippen molar-refractivity contribution >= 4 is 29.3 Å². The number of benzene rings is 2. The highest BCUT2D eigenvalue weighted by Gasteiger charge is 2.14. The van der Waals surface area contributed by atoms with Crippen LogP contribution in [0.25, 0.3) is 0 Å². The molecule has 4 nitrogen and oxygen atoms in total. The fraction of sp³-hybridized carbons (Fsp3) is 0.222. The summed E-state index contributed by atoms with van der Waals surface area (Å²) in [5.74, 6) is -2.45. The molecule has 2 aromatic carbocycles. The number of hydrogen-bond acceptors (Lipinski definition) is 3. The second-order valence-electron chi connectivity index (χ2n) is 5.53. The van der Waals surface area contributed by atoms with Crippen molar-refractivity contribution in [3.63, 3.8) is 0 Å². The van der Waals surface area contributed by atoms with Crippen LogP contribution in [0, 0.1) is 18.6 Å². The molecule has 0 heterocycles. The topological polar surface area (TPSA) is 49.4 Å². The van der Waals surface area contributed by atoms with Crippen LogP contribution in [0.1, 0.15) is 5.56 Å². The largest absolute Gasteiger partial charge is 0.336 e. The highest BCUT2D eigenvalue weighted by atomic mass is 32.2. The molecule has 2 aromatic rings. The van der Waals surface area contributed by atoms with E-state index in [0.717, 1.165) is 29.5 Å². The first kappa shape index (κ1) is 18.9. The molecule has 0 aromatic heterocycles. The minimum atomic E-state index is -0.955. The molecule has 0 unspecified atom stereocenters. The van der Waals surface area contributed by atoms with Crippen LogP contribution in [0.2, 0.25) is 0 Å². The molecular weight excluding hydrogens is 346 g/mol. The lowest BCUT2D eigenvalue weighted by atomic mass is 10.2. The Hall–Kier alpha value is -2.41. The standard InChI is InChI=1S/C18H18F2N2O2S/c1-12-3-5-13(6-4-12)21-17(23)10-22(2)18(24)11-25-14-7-8-15(19)16(20)9-14/h3-9H,10-11H2,1-2H3,(H,21,23). The molecule has 2 amide bonds. The van der Waals surface area contributed by atoms with Gasteiger partial charge in [0.05, 0.1) is 12.3 Å². The van der Waals surface area contributed by atoms with E-state index in [4.69, 9.17) is 0 Å². The third-order valence-electron chi connectivity index (χ3n) is 3.40. The normalized spacial score (nSPS) is 10.4. The summed E-state index contributed by atoms with van der Waals surface area (Å²) < 4.78 is 26.0. The van der Waals surface area contributed by atoms with Gasteiger partial charge in [-0.2, -0.15) is 0 Å². The van der Waals surface area contributed by atoms with Crippen molar-refractivity contribution in [2.75, 3.05) is 24.7 Å². The molecule has 2 rings (SSSR count). The summed E-state index contributed by atoms with van der Waals surface area (Å²) in [4.78, 5) is 25.8. The number of rotatable bonds is 6. The number of anilines is 1. The Kier molecular flexibility index (Phi) is 6.52. The van der Waals surface area contributed by atoms with E-state index in [1.54, 1.807) is 12.1 Å². The second-order valence-corrected chi connectivity index (χ2v) is 6.58. The number of carbonyl (C=O) groups is 2. The van der Waals surface area contributed by atoms with Crippen LogP contribution in [-0.4, -0.2) is 36.1 Å². The zero-order valence-electron chi connectivity index (χ0n) is 13.9. The average molecular weight is 364 g/mol.